The first kappa shape index (κ1) is 16.6. The molecule has 3 heterocycles. The van der Waals surface area contributed by atoms with Crippen molar-refractivity contribution in [1.82, 2.24) is 9.97 Å². The van der Waals surface area contributed by atoms with E-state index in [-0.39, 0.29) is 5.91 Å². The molecule has 7 heteroatoms. The Hall–Kier alpha value is -3.22. The summed E-state index contributed by atoms with van der Waals surface area (Å²) < 4.78 is 4.60. The minimum absolute atomic E-state index is 0.139. The number of anilines is 3. The van der Waals surface area contributed by atoms with Crippen LogP contribution in [-0.2, 0) is 9.53 Å². The molecule has 1 aliphatic heterocycles. The van der Waals surface area contributed by atoms with Gasteiger partial charge in [-0.3, -0.25) is 4.79 Å². The molecule has 3 rings (SSSR count). The molecule has 128 valence electrons. The van der Waals surface area contributed by atoms with E-state index >= 15 is 0 Å². The average Bonchev–Trinajstić information content (AvgIpc) is 2.73. The lowest BCUT2D eigenvalue weighted by Gasteiger charge is -2.23. The third-order valence-corrected chi connectivity index (χ3v) is 3.98. The van der Waals surface area contributed by atoms with Crippen molar-refractivity contribution in [1.29, 1.82) is 0 Å². The zero-order valence-electron chi connectivity index (χ0n) is 14.3. The van der Waals surface area contributed by atoms with Crippen LogP contribution in [0, 0.1) is 0 Å². The van der Waals surface area contributed by atoms with E-state index in [9.17, 15) is 9.59 Å². The van der Waals surface area contributed by atoms with E-state index in [0.29, 0.717) is 35.1 Å². The standard InChI is InChI=1S/C18H18N4O3/c1-4-22-16-13(6-5-11-19-16)18(24)21(2)14-9-7-12(20-17(14)22)8-10-15(23)25-3/h5-11H,4H2,1-3H3/b10-8+. The highest BCUT2D eigenvalue weighted by Crippen LogP contribution is 2.37. The number of carbonyl (C=O) groups is 2. The van der Waals surface area contributed by atoms with Crippen LogP contribution in [0.3, 0.4) is 0 Å². The zero-order chi connectivity index (χ0) is 18.0. The second-order valence-corrected chi connectivity index (χ2v) is 5.42. The zero-order valence-corrected chi connectivity index (χ0v) is 14.3. The van der Waals surface area contributed by atoms with E-state index in [1.165, 1.54) is 13.2 Å². The van der Waals surface area contributed by atoms with Crippen LogP contribution in [0.4, 0.5) is 17.3 Å². The lowest BCUT2D eigenvalue weighted by molar-refractivity contribution is -0.134. The van der Waals surface area contributed by atoms with Crippen molar-refractivity contribution in [3.63, 3.8) is 0 Å². The molecule has 0 saturated heterocycles. The molecule has 0 N–H and O–H groups in total. The van der Waals surface area contributed by atoms with Gasteiger partial charge in [0.05, 0.1) is 24.1 Å². The predicted molar refractivity (Wildman–Crippen MR) is 94.9 cm³/mol. The summed E-state index contributed by atoms with van der Waals surface area (Å²) in [5.74, 6) is 0.591. The molecule has 2 aromatic rings. The number of hydrogen-bond donors (Lipinski definition) is 0. The minimum atomic E-state index is -0.455. The Bertz CT molecular complexity index is 863. The summed E-state index contributed by atoms with van der Waals surface area (Å²) in [6.07, 6.45) is 4.54. The van der Waals surface area contributed by atoms with Crippen molar-refractivity contribution < 1.29 is 14.3 Å². The smallest absolute Gasteiger partial charge is 0.330 e. The Morgan fingerprint density at radius 2 is 2.08 bits per heavy atom. The molecule has 2 aromatic heterocycles. The number of ether oxygens (including phenoxy) is 1. The van der Waals surface area contributed by atoms with Crippen molar-refractivity contribution in [3.05, 3.63) is 47.8 Å². The Balaban J connectivity index is 2.15. The maximum absolute atomic E-state index is 12.8. The van der Waals surface area contributed by atoms with Crippen LogP contribution in [0.5, 0.6) is 0 Å². The first-order valence-electron chi connectivity index (χ1n) is 7.84. The summed E-state index contributed by atoms with van der Waals surface area (Å²) >= 11 is 0. The fourth-order valence-electron chi connectivity index (χ4n) is 2.70. The van der Waals surface area contributed by atoms with Gasteiger partial charge in [0.2, 0.25) is 0 Å². The van der Waals surface area contributed by atoms with Gasteiger partial charge in [-0.05, 0) is 37.3 Å². The number of nitrogens with zero attached hydrogens (tertiary/aromatic N) is 4. The maximum Gasteiger partial charge on any atom is 0.330 e. The first-order valence-corrected chi connectivity index (χ1v) is 7.84. The second-order valence-electron chi connectivity index (χ2n) is 5.42. The van der Waals surface area contributed by atoms with E-state index in [4.69, 9.17) is 0 Å². The SMILES string of the molecule is CCN1c2ncccc2C(=O)N(C)c2ccc(/C=C/C(=O)OC)nc21. The number of methoxy groups -OCH3 is 1. The highest BCUT2D eigenvalue weighted by Gasteiger charge is 2.30. The molecular formula is C18H18N4O3. The van der Waals surface area contributed by atoms with Gasteiger partial charge in [-0.2, -0.15) is 0 Å². The van der Waals surface area contributed by atoms with Gasteiger partial charge in [-0.1, -0.05) is 0 Å². The molecule has 0 bridgehead atoms. The molecule has 0 fully saturated rings. The number of rotatable bonds is 3. The molecule has 0 aromatic carbocycles. The van der Waals surface area contributed by atoms with Gasteiger partial charge in [0.15, 0.2) is 5.82 Å². The lowest BCUT2D eigenvalue weighted by Crippen LogP contribution is -2.25. The number of carbonyl (C=O) groups excluding carboxylic acids is 2. The van der Waals surface area contributed by atoms with Crippen LogP contribution in [-0.4, -0.2) is 42.5 Å². The average molecular weight is 338 g/mol. The fraction of sp³-hybridized carbons (Fsp3) is 0.222. The van der Waals surface area contributed by atoms with E-state index in [0.717, 1.165) is 0 Å². The highest BCUT2D eigenvalue weighted by molar-refractivity contribution is 6.12. The number of aromatic nitrogens is 2. The molecule has 1 aliphatic rings. The van der Waals surface area contributed by atoms with Crippen molar-refractivity contribution in [3.8, 4) is 0 Å². The number of esters is 1. The summed E-state index contributed by atoms with van der Waals surface area (Å²) in [6.45, 7) is 2.56. The van der Waals surface area contributed by atoms with E-state index < -0.39 is 5.97 Å². The van der Waals surface area contributed by atoms with E-state index in [1.54, 1.807) is 42.4 Å². The lowest BCUT2D eigenvalue weighted by atomic mass is 10.2. The summed E-state index contributed by atoms with van der Waals surface area (Å²) in [7, 11) is 3.03. The van der Waals surface area contributed by atoms with Crippen LogP contribution in [0.25, 0.3) is 6.08 Å². The van der Waals surface area contributed by atoms with Crippen molar-refractivity contribution >= 4 is 35.3 Å². The number of fused-ring (bicyclic) bond motifs is 2. The van der Waals surface area contributed by atoms with Gasteiger partial charge in [-0.25, -0.2) is 14.8 Å². The quantitative estimate of drug-likeness (QED) is 0.632. The van der Waals surface area contributed by atoms with Crippen LogP contribution in [0.2, 0.25) is 0 Å². The van der Waals surface area contributed by atoms with Crippen molar-refractivity contribution in [2.24, 2.45) is 0 Å². The molecule has 0 spiro atoms. The number of hydrogen-bond acceptors (Lipinski definition) is 6. The Morgan fingerprint density at radius 1 is 1.28 bits per heavy atom. The van der Waals surface area contributed by atoms with Crippen LogP contribution in [0.15, 0.2) is 36.5 Å². The van der Waals surface area contributed by atoms with Crippen LogP contribution >= 0.6 is 0 Å². The monoisotopic (exact) mass is 338 g/mol. The van der Waals surface area contributed by atoms with Crippen molar-refractivity contribution in [2.75, 3.05) is 30.5 Å². The molecular weight excluding hydrogens is 320 g/mol. The normalized spacial score (nSPS) is 13.5. The Morgan fingerprint density at radius 3 is 2.80 bits per heavy atom. The third-order valence-electron chi connectivity index (χ3n) is 3.98. The molecule has 1 amide bonds. The van der Waals surface area contributed by atoms with E-state index in [1.807, 2.05) is 17.9 Å². The van der Waals surface area contributed by atoms with Gasteiger partial charge in [0.25, 0.3) is 5.91 Å². The topological polar surface area (TPSA) is 75.6 Å². The molecule has 0 saturated carbocycles. The van der Waals surface area contributed by atoms with E-state index in [2.05, 4.69) is 14.7 Å². The maximum atomic E-state index is 12.8. The number of pyridine rings is 2. The summed E-state index contributed by atoms with van der Waals surface area (Å²) in [4.78, 5) is 36.5. The Kier molecular flexibility index (Phi) is 4.47. The second kappa shape index (κ2) is 6.72. The summed E-state index contributed by atoms with van der Waals surface area (Å²) in [6, 6.07) is 7.06. The fourth-order valence-corrected chi connectivity index (χ4v) is 2.70. The molecule has 0 unspecified atom stereocenters. The third kappa shape index (κ3) is 2.96. The van der Waals surface area contributed by atoms with Gasteiger partial charge in [0.1, 0.15) is 5.82 Å². The highest BCUT2D eigenvalue weighted by atomic mass is 16.5. The van der Waals surface area contributed by atoms with Gasteiger partial charge < -0.3 is 14.5 Å². The van der Waals surface area contributed by atoms with Crippen molar-refractivity contribution in [2.45, 2.75) is 6.92 Å². The van der Waals surface area contributed by atoms with Gasteiger partial charge in [-0.15, -0.1) is 0 Å². The number of amides is 1. The van der Waals surface area contributed by atoms with Crippen LogP contribution < -0.4 is 9.80 Å². The summed E-state index contributed by atoms with van der Waals surface area (Å²) in [5, 5.41) is 0. The minimum Gasteiger partial charge on any atom is -0.466 e. The van der Waals surface area contributed by atoms with Gasteiger partial charge in [0, 0.05) is 25.9 Å². The molecule has 0 aliphatic carbocycles. The first-order chi connectivity index (χ1) is 12.1. The van der Waals surface area contributed by atoms with Gasteiger partial charge >= 0.3 is 5.97 Å². The Labute approximate surface area is 145 Å². The van der Waals surface area contributed by atoms with Crippen LogP contribution in [0.1, 0.15) is 23.0 Å². The predicted octanol–water partition coefficient (Wildman–Crippen LogP) is 2.41. The molecule has 25 heavy (non-hydrogen) atoms. The molecule has 0 atom stereocenters. The largest absolute Gasteiger partial charge is 0.466 e. The molecule has 7 nitrogen and oxygen atoms in total. The molecule has 0 radical (unpaired) electrons. The summed E-state index contributed by atoms with van der Waals surface area (Å²) in [5.41, 5.74) is 1.79.